The van der Waals surface area contributed by atoms with Crippen molar-refractivity contribution in [2.24, 2.45) is 0 Å². The van der Waals surface area contributed by atoms with Gasteiger partial charge in [0.05, 0.1) is 17.5 Å². The van der Waals surface area contributed by atoms with Crippen molar-refractivity contribution in [1.82, 2.24) is 19.9 Å². The van der Waals surface area contributed by atoms with Crippen molar-refractivity contribution < 1.29 is 0 Å². The quantitative estimate of drug-likeness (QED) is 0.769. The largest absolute Gasteiger partial charge is 0.371 e. The summed E-state index contributed by atoms with van der Waals surface area (Å²) in [6.07, 6.45) is 8.80. The first-order valence-corrected chi connectivity index (χ1v) is 10.1. The van der Waals surface area contributed by atoms with Gasteiger partial charge in [-0.2, -0.15) is 0 Å². The minimum atomic E-state index is 0.361. The van der Waals surface area contributed by atoms with E-state index < -0.39 is 0 Å². The van der Waals surface area contributed by atoms with Gasteiger partial charge in [-0.3, -0.25) is 9.88 Å². The molecule has 2 aromatic heterocycles. The van der Waals surface area contributed by atoms with Crippen LogP contribution in [0.1, 0.15) is 37.1 Å². The highest BCUT2D eigenvalue weighted by molar-refractivity contribution is 5.82. The first-order valence-electron chi connectivity index (χ1n) is 10.1. The van der Waals surface area contributed by atoms with E-state index in [2.05, 4.69) is 55.9 Å². The van der Waals surface area contributed by atoms with E-state index in [1.54, 1.807) is 0 Å². The minimum absolute atomic E-state index is 0.361. The Bertz CT molecular complexity index is 939. The monoisotopic (exact) mass is 361 g/mol. The van der Waals surface area contributed by atoms with Crippen molar-refractivity contribution in [3.63, 3.8) is 0 Å². The maximum Gasteiger partial charge on any atom is 0.0925 e. The fraction of sp³-hybridized carbons (Fsp3) is 0.455. The third kappa shape index (κ3) is 3.00. The molecule has 0 saturated carbocycles. The molecule has 5 nitrogen and oxygen atoms in total. The molecule has 2 aliphatic rings. The van der Waals surface area contributed by atoms with Gasteiger partial charge >= 0.3 is 0 Å². The number of anilines is 1. The van der Waals surface area contributed by atoms with Crippen molar-refractivity contribution in [3.8, 4) is 0 Å². The number of H-pyrrole nitrogens is 1. The van der Waals surface area contributed by atoms with Crippen LogP contribution in [0.3, 0.4) is 0 Å². The molecule has 27 heavy (non-hydrogen) atoms. The third-order valence-electron chi connectivity index (χ3n) is 6.66. The van der Waals surface area contributed by atoms with Crippen LogP contribution in [-0.2, 0) is 6.54 Å². The number of imidazole rings is 1. The summed E-state index contributed by atoms with van der Waals surface area (Å²) in [7, 11) is 0. The second-order valence-corrected chi connectivity index (χ2v) is 8.09. The van der Waals surface area contributed by atoms with Crippen molar-refractivity contribution in [2.75, 3.05) is 24.5 Å². The molecule has 1 N–H and O–H groups in total. The summed E-state index contributed by atoms with van der Waals surface area (Å²) in [5, 5.41) is 1.23. The highest BCUT2D eigenvalue weighted by Gasteiger charge is 2.43. The van der Waals surface area contributed by atoms with Crippen molar-refractivity contribution in [2.45, 2.75) is 44.7 Å². The van der Waals surface area contributed by atoms with Crippen LogP contribution in [0, 0.1) is 6.92 Å². The van der Waals surface area contributed by atoms with Gasteiger partial charge in [0.15, 0.2) is 0 Å². The Balaban J connectivity index is 1.31. The molecule has 0 aliphatic carbocycles. The molecule has 0 amide bonds. The zero-order valence-electron chi connectivity index (χ0n) is 16.0. The number of likely N-dealkylation sites (tertiary alicyclic amines) is 1. The molecule has 1 aromatic carbocycles. The highest BCUT2D eigenvalue weighted by Crippen LogP contribution is 2.40. The Hall–Kier alpha value is -2.40. The lowest BCUT2D eigenvalue weighted by Crippen LogP contribution is -2.52. The maximum absolute atomic E-state index is 4.54. The number of hydrogen-bond donors (Lipinski definition) is 1. The number of benzene rings is 1. The number of fused-ring (bicyclic) bond motifs is 1. The van der Waals surface area contributed by atoms with E-state index in [9.17, 15) is 0 Å². The SMILES string of the molecule is Cc1[nH]cnc1CN1CCCC12CCN(c1ccc3ncccc3c1)CC2. The van der Waals surface area contributed by atoms with E-state index in [4.69, 9.17) is 0 Å². The molecule has 0 radical (unpaired) electrons. The van der Waals surface area contributed by atoms with E-state index in [0.29, 0.717) is 5.54 Å². The molecule has 1 spiro atoms. The summed E-state index contributed by atoms with van der Waals surface area (Å²) in [5.74, 6) is 0. The van der Waals surface area contributed by atoms with Crippen LogP contribution < -0.4 is 4.90 Å². The van der Waals surface area contributed by atoms with Gasteiger partial charge in [0.1, 0.15) is 0 Å². The predicted molar refractivity (Wildman–Crippen MR) is 109 cm³/mol. The van der Waals surface area contributed by atoms with Gasteiger partial charge in [-0.1, -0.05) is 6.07 Å². The van der Waals surface area contributed by atoms with Gasteiger partial charge < -0.3 is 9.88 Å². The zero-order chi connectivity index (χ0) is 18.3. The van der Waals surface area contributed by atoms with E-state index in [-0.39, 0.29) is 0 Å². The van der Waals surface area contributed by atoms with Gasteiger partial charge in [-0.25, -0.2) is 4.98 Å². The number of rotatable bonds is 3. The first-order chi connectivity index (χ1) is 13.2. The average Bonchev–Trinajstić information content (AvgIpc) is 3.29. The molecule has 5 heteroatoms. The number of hydrogen-bond acceptors (Lipinski definition) is 4. The van der Waals surface area contributed by atoms with Crippen LogP contribution in [0.4, 0.5) is 5.69 Å². The lowest BCUT2D eigenvalue weighted by atomic mass is 9.84. The van der Waals surface area contributed by atoms with Gasteiger partial charge in [-0.15, -0.1) is 0 Å². The molecule has 5 rings (SSSR count). The molecular weight excluding hydrogens is 334 g/mol. The van der Waals surface area contributed by atoms with Crippen LogP contribution in [-0.4, -0.2) is 45.0 Å². The van der Waals surface area contributed by atoms with Crippen molar-refractivity contribution >= 4 is 16.6 Å². The molecule has 0 unspecified atom stereocenters. The summed E-state index contributed by atoms with van der Waals surface area (Å²) < 4.78 is 0. The summed E-state index contributed by atoms with van der Waals surface area (Å²) in [5.41, 5.74) is 5.18. The molecule has 0 atom stereocenters. The van der Waals surface area contributed by atoms with Gasteiger partial charge in [0, 0.05) is 48.1 Å². The lowest BCUT2D eigenvalue weighted by Gasteiger charge is -2.45. The smallest absolute Gasteiger partial charge is 0.0925 e. The standard InChI is InChI=1S/C22H27N5/c1-17-21(25-16-24-17)15-27-11-3-7-22(27)8-12-26(13-9-22)19-5-6-20-18(14-19)4-2-10-23-20/h2,4-6,10,14,16H,3,7-9,11-13,15H2,1H3,(H,24,25). The van der Waals surface area contributed by atoms with Gasteiger partial charge in [0.25, 0.3) is 0 Å². The Morgan fingerprint density at radius 3 is 2.78 bits per heavy atom. The zero-order valence-corrected chi connectivity index (χ0v) is 16.0. The Kier molecular flexibility index (Phi) is 4.12. The van der Waals surface area contributed by atoms with Crippen LogP contribution in [0.25, 0.3) is 10.9 Å². The van der Waals surface area contributed by atoms with E-state index in [1.165, 1.54) is 54.7 Å². The number of nitrogens with zero attached hydrogens (tertiary/aromatic N) is 4. The number of aromatic amines is 1. The number of aryl methyl sites for hydroxylation is 1. The molecular formula is C22H27N5. The molecule has 4 heterocycles. The first kappa shape index (κ1) is 16.8. The Morgan fingerprint density at radius 1 is 1.07 bits per heavy atom. The highest BCUT2D eigenvalue weighted by atomic mass is 15.3. The number of pyridine rings is 1. The maximum atomic E-state index is 4.54. The van der Waals surface area contributed by atoms with E-state index in [1.807, 2.05) is 18.6 Å². The molecule has 0 bridgehead atoms. The summed E-state index contributed by atoms with van der Waals surface area (Å²) in [6, 6.07) is 10.8. The fourth-order valence-electron chi connectivity index (χ4n) is 4.98. The summed E-state index contributed by atoms with van der Waals surface area (Å²) in [4.78, 5) is 17.5. The van der Waals surface area contributed by atoms with E-state index >= 15 is 0 Å². The Morgan fingerprint density at radius 2 is 1.96 bits per heavy atom. The number of aromatic nitrogens is 3. The summed E-state index contributed by atoms with van der Waals surface area (Å²) in [6.45, 7) is 6.57. The molecule has 2 fully saturated rings. The fourth-order valence-corrected chi connectivity index (χ4v) is 4.98. The topological polar surface area (TPSA) is 48.1 Å². The minimum Gasteiger partial charge on any atom is -0.371 e. The third-order valence-corrected chi connectivity index (χ3v) is 6.66. The summed E-state index contributed by atoms with van der Waals surface area (Å²) >= 11 is 0. The van der Waals surface area contributed by atoms with Gasteiger partial charge in [-0.05, 0) is 63.4 Å². The number of nitrogens with one attached hydrogen (secondary N) is 1. The second kappa shape index (κ2) is 6.64. The number of piperidine rings is 1. The van der Waals surface area contributed by atoms with Crippen LogP contribution in [0.5, 0.6) is 0 Å². The second-order valence-electron chi connectivity index (χ2n) is 8.09. The van der Waals surface area contributed by atoms with Gasteiger partial charge in [0.2, 0.25) is 0 Å². The normalized spacial score (nSPS) is 20.0. The van der Waals surface area contributed by atoms with E-state index in [0.717, 1.165) is 25.2 Å². The lowest BCUT2D eigenvalue weighted by molar-refractivity contribution is 0.0984. The average molecular weight is 361 g/mol. The predicted octanol–water partition coefficient (Wildman–Crippen LogP) is 3.90. The van der Waals surface area contributed by atoms with Crippen LogP contribution >= 0.6 is 0 Å². The Labute approximate surface area is 160 Å². The molecule has 140 valence electrons. The molecule has 2 aliphatic heterocycles. The molecule has 3 aromatic rings. The molecule has 2 saturated heterocycles. The van der Waals surface area contributed by atoms with Crippen LogP contribution in [0.2, 0.25) is 0 Å². The van der Waals surface area contributed by atoms with Crippen LogP contribution in [0.15, 0.2) is 42.9 Å². The van der Waals surface area contributed by atoms with Crippen molar-refractivity contribution in [3.05, 3.63) is 54.2 Å². The van der Waals surface area contributed by atoms with Crippen molar-refractivity contribution in [1.29, 1.82) is 0 Å².